The van der Waals surface area contributed by atoms with E-state index in [1.54, 1.807) is 11.6 Å². The quantitative estimate of drug-likeness (QED) is 0.698. The molecule has 0 amide bonds. The highest BCUT2D eigenvalue weighted by atomic mass is 16.3. The van der Waals surface area contributed by atoms with E-state index in [4.69, 9.17) is 5.73 Å². The predicted molar refractivity (Wildman–Crippen MR) is 105 cm³/mol. The molecule has 2 aromatic carbocycles. The smallest absolute Gasteiger partial charge is 0.258 e. The van der Waals surface area contributed by atoms with Gasteiger partial charge in [-0.05, 0) is 73.4 Å². The minimum Gasteiger partial charge on any atom is -0.507 e. The average molecular weight is 334 g/mol. The summed E-state index contributed by atoms with van der Waals surface area (Å²) >= 11 is 0. The number of rotatable bonds is 2. The molecule has 0 fully saturated rings. The summed E-state index contributed by atoms with van der Waals surface area (Å²) in [4.78, 5) is 12.8. The molecule has 0 aliphatic carbocycles. The molecule has 3 aromatic rings. The van der Waals surface area contributed by atoms with Gasteiger partial charge in [-0.25, -0.2) is 0 Å². The van der Waals surface area contributed by atoms with Crippen molar-refractivity contribution in [2.45, 2.75) is 20.8 Å². The van der Waals surface area contributed by atoms with E-state index in [0.717, 1.165) is 33.2 Å². The molecule has 1 heterocycles. The average Bonchev–Trinajstić information content (AvgIpc) is 2.57. The number of nitrogens with two attached hydrogens (primary N) is 1. The highest BCUT2D eigenvalue weighted by molar-refractivity contribution is 5.89. The Morgan fingerprint density at radius 3 is 2.32 bits per heavy atom. The van der Waals surface area contributed by atoms with Crippen LogP contribution in [0.5, 0.6) is 5.75 Å². The highest BCUT2D eigenvalue weighted by Gasteiger charge is 2.10. The molecule has 0 aliphatic heterocycles. The fourth-order valence-electron chi connectivity index (χ4n) is 3.20. The largest absolute Gasteiger partial charge is 0.507 e. The Morgan fingerprint density at radius 2 is 1.68 bits per heavy atom. The second-order valence-electron chi connectivity index (χ2n) is 6.52. The van der Waals surface area contributed by atoms with Crippen LogP contribution in [0.1, 0.15) is 27.8 Å². The Hall–Kier alpha value is -3.01. The van der Waals surface area contributed by atoms with Gasteiger partial charge in [-0.15, -0.1) is 0 Å². The van der Waals surface area contributed by atoms with Gasteiger partial charge in [0, 0.05) is 23.7 Å². The van der Waals surface area contributed by atoms with Gasteiger partial charge in [-0.2, -0.15) is 0 Å². The van der Waals surface area contributed by atoms with Gasteiger partial charge in [0.1, 0.15) is 5.75 Å². The van der Waals surface area contributed by atoms with Gasteiger partial charge in [0.15, 0.2) is 0 Å². The van der Waals surface area contributed by atoms with Crippen molar-refractivity contribution in [1.82, 2.24) is 4.57 Å². The molecule has 128 valence electrons. The van der Waals surface area contributed by atoms with Crippen LogP contribution in [0, 0.1) is 20.8 Å². The number of aromatic hydroxyl groups is 1. The van der Waals surface area contributed by atoms with E-state index in [0.29, 0.717) is 17.0 Å². The lowest BCUT2D eigenvalue weighted by atomic mass is 10.0. The van der Waals surface area contributed by atoms with Gasteiger partial charge in [-0.1, -0.05) is 12.1 Å². The molecular weight excluding hydrogens is 312 g/mol. The van der Waals surface area contributed by atoms with Crippen LogP contribution in [-0.4, -0.2) is 9.67 Å². The first-order valence-electron chi connectivity index (χ1n) is 8.16. The fourth-order valence-corrected chi connectivity index (χ4v) is 3.20. The van der Waals surface area contributed by atoms with Gasteiger partial charge < -0.3 is 15.4 Å². The van der Waals surface area contributed by atoms with Crippen molar-refractivity contribution < 1.29 is 5.11 Å². The summed E-state index contributed by atoms with van der Waals surface area (Å²) in [6, 6.07) is 9.43. The molecule has 0 radical (unpaired) electrons. The lowest BCUT2D eigenvalue weighted by Crippen LogP contribution is -2.21. The number of pyridine rings is 1. The number of aryl methyl sites for hydroxylation is 4. The van der Waals surface area contributed by atoms with Crippen LogP contribution >= 0.6 is 0 Å². The van der Waals surface area contributed by atoms with E-state index < -0.39 is 0 Å². The number of hydrogen-bond donors (Lipinski definition) is 2. The Bertz CT molecular complexity index is 1050. The van der Waals surface area contributed by atoms with Crippen molar-refractivity contribution in [2.75, 3.05) is 5.73 Å². The second kappa shape index (κ2) is 6.13. The fraction of sp³-hybridized carbons (Fsp3) is 0.190. The minimum absolute atomic E-state index is 0.0564. The molecular formula is C21H22N2O2. The summed E-state index contributed by atoms with van der Waals surface area (Å²) in [5, 5.41) is 10.9. The summed E-state index contributed by atoms with van der Waals surface area (Å²) in [5.41, 5.74) is 11.4. The maximum absolute atomic E-state index is 12.8. The highest BCUT2D eigenvalue weighted by Crippen LogP contribution is 2.25. The Balaban J connectivity index is 2.17. The van der Waals surface area contributed by atoms with Crippen LogP contribution in [-0.2, 0) is 7.05 Å². The first-order chi connectivity index (χ1) is 11.8. The van der Waals surface area contributed by atoms with Crippen LogP contribution < -0.4 is 11.3 Å². The van der Waals surface area contributed by atoms with Gasteiger partial charge in [-0.3, -0.25) is 4.79 Å². The number of phenolic OH excluding ortho intramolecular Hbond substituents is 1. The van der Waals surface area contributed by atoms with Crippen molar-refractivity contribution in [2.24, 2.45) is 7.05 Å². The molecule has 0 spiro atoms. The second-order valence-corrected chi connectivity index (χ2v) is 6.52. The van der Waals surface area contributed by atoms with Gasteiger partial charge in [0.25, 0.3) is 5.56 Å². The zero-order valence-corrected chi connectivity index (χ0v) is 14.9. The monoisotopic (exact) mass is 334 g/mol. The summed E-state index contributed by atoms with van der Waals surface area (Å²) in [7, 11) is 1.76. The summed E-state index contributed by atoms with van der Waals surface area (Å²) in [6.45, 7) is 5.68. The van der Waals surface area contributed by atoms with Crippen LogP contribution in [0.3, 0.4) is 0 Å². The molecule has 0 saturated carbocycles. The number of phenols is 1. The molecule has 4 nitrogen and oxygen atoms in total. The number of benzene rings is 2. The maximum atomic E-state index is 12.8. The first-order valence-corrected chi connectivity index (χ1v) is 8.16. The Labute approximate surface area is 146 Å². The van der Waals surface area contributed by atoms with E-state index in [1.807, 2.05) is 63.3 Å². The Kier molecular flexibility index (Phi) is 4.13. The van der Waals surface area contributed by atoms with Crippen LogP contribution in [0.2, 0.25) is 0 Å². The summed E-state index contributed by atoms with van der Waals surface area (Å²) < 4.78 is 1.63. The van der Waals surface area contributed by atoms with Gasteiger partial charge in [0.05, 0.1) is 5.52 Å². The molecule has 0 saturated heterocycles. The van der Waals surface area contributed by atoms with Crippen molar-refractivity contribution in [1.29, 1.82) is 0 Å². The van der Waals surface area contributed by atoms with Crippen LogP contribution in [0.25, 0.3) is 23.1 Å². The Morgan fingerprint density at radius 1 is 1.04 bits per heavy atom. The third kappa shape index (κ3) is 2.91. The molecule has 3 N–H and O–H groups in total. The maximum Gasteiger partial charge on any atom is 0.258 e. The third-order valence-electron chi connectivity index (χ3n) is 4.68. The molecule has 0 atom stereocenters. The van der Waals surface area contributed by atoms with Crippen LogP contribution in [0.4, 0.5) is 5.69 Å². The van der Waals surface area contributed by atoms with E-state index in [-0.39, 0.29) is 5.56 Å². The SMILES string of the molecule is Cc1cc(/C=C/c2c(C)c3ccc(N)cc3n(C)c2=O)cc(C)c1O. The van der Waals surface area contributed by atoms with Gasteiger partial charge in [0.2, 0.25) is 0 Å². The molecule has 4 heteroatoms. The number of fused-ring (bicyclic) bond motifs is 1. The molecule has 0 bridgehead atoms. The molecule has 1 aromatic heterocycles. The molecule has 0 aliphatic rings. The zero-order chi connectivity index (χ0) is 18.3. The number of hydrogen-bond acceptors (Lipinski definition) is 3. The molecule has 0 unspecified atom stereocenters. The zero-order valence-electron chi connectivity index (χ0n) is 14.9. The van der Waals surface area contributed by atoms with Crippen molar-refractivity contribution >= 4 is 28.7 Å². The van der Waals surface area contributed by atoms with Crippen molar-refractivity contribution in [3.05, 3.63) is 68.5 Å². The van der Waals surface area contributed by atoms with Crippen LogP contribution in [0.15, 0.2) is 35.1 Å². The predicted octanol–water partition coefficient (Wildman–Crippen LogP) is 3.92. The van der Waals surface area contributed by atoms with E-state index in [2.05, 4.69) is 0 Å². The first kappa shape index (κ1) is 16.8. The van der Waals surface area contributed by atoms with Gasteiger partial charge >= 0.3 is 0 Å². The van der Waals surface area contributed by atoms with E-state index >= 15 is 0 Å². The normalized spacial score (nSPS) is 11.5. The third-order valence-corrected chi connectivity index (χ3v) is 4.68. The number of anilines is 1. The van der Waals surface area contributed by atoms with Crippen molar-refractivity contribution in [3.63, 3.8) is 0 Å². The lowest BCUT2D eigenvalue weighted by Gasteiger charge is -2.11. The van der Waals surface area contributed by atoms with Crippen molar-refractivity contribution in [3.8, 4) is 5.75 Å². The topological polar surface area (TPSA) is 68.2 Å². The standard InChI is InChI=1S/C21H22N2O2/c1-12-9-15(10-13(2)20(12)24)5-7-18-14(3)17-8-6-16(22)11-19(17)23(4)21(18)25/h5-11,24H,22H2,1-4H3/b7-5+. The lowest BCUT2D eigenvalue weighted by molar-refractivity contribution is 0.467. The molecule has 25 heavy (non-hydrogen) atoms. The minimum atomic E-state index is -0.0564. The summed E-state index contributed by atoms with van der Waals surface area (Å²) in [6.07, 6.45) is 3.75. The summed E-state index contributed by atoms with van der Waals surface area (Å²) in [5.74, 6) is 0.313. The number of aromatic nitrogens is 1. The number of nitrogen functional groups attached to an aromatic ring is 1. The molecule has 3 rings (SSSR count). The number of nitrogens with zero attached hydrogens (tertiary/aromatic N) is 1. The van der Waals surface area contributed by atoms with E-state index in [9.17, 15) is 9.90 Å². The van der Waals surface area contributed by atoms with E-state index in [1.165, 1.54) is 0 Å².